The van der Waals surface area contributed by atoms with Crippen molar-refractivity contribution in [2.75, 3.05) is 45.8 Å². The number of hydrogen-bond acceptors (Lipinski definition) is 4. The maximum Gasteiger partial charge on any atom is 0.0108 e. The van der Waals surface area contributed by atoms with Gasteiger partial charge in [0.25, 0.3) is 0 Å². The zero-order chi connectivity index (χ0) is 16.3. The van der Waals surface area contributed by atoms with Crippen LogP contribution in [0.15, 0.2) is 0 Å². The molecule has 4 nitrogen and oxygen atoms in total. The molecule has 0 aromatic heterocycles. The van der Waals surface area contributed by atoms with Crippen molar-refractivity contribution >= 4 is 0 Å². The Morgan fingerprint density at radius 3 is 1.64 bits per heavy atom. The van der Waals surface area contributed by atoms with Crippen molar-refractivity contribution in [1.82, 2.24) is 10.2 Å². The Kier molecular flexibility index (Phi) is 18.8. The highest BCUT2D eigenvalue weighted by molar-refractivity contribution is 4.61. The second-order valence-corrected chi connectivity index (χ2v) is 6.35. The average molecular weight is 315 g/mol. The van der Waals surface area contributed by atoms with Crippen molar-refractivity contribution in [3.05, 3.63) is 0 Å². The van der Waals surface area contributed by atoms with Gasteiger partial charge in [-0.15, -0.1) is 0 Å². The summed E-state index contributed by atoms with van der Waals surface area (Å²) in [6.07, 6.45) is 14.0. The van der Waals surface area contributed by atoms with Crippen LogP contribution >= 0.6 is 0 Å². The summed E-state index contributed by atoms with van der Waals surface area (Å²) in [6.45, 7) is 8.90. The van der Waals surface area contributed by atoms with E-state index < -0.39 is 0 Å². The lowest BCUT2D eigenvalue weighted by Crippen LogP contribution is -2.38. The van der Waals surface area contributed by atoms with Crippen LogP contribution < -0.4 is 16.8 Å². The summed E-state index contributed by atoms with van der Waals surface area (Å²) in [5.74, 6) is 0. The predicted octanol–water partition coefficient (Wildman–Crippen LogP) is 2.72. The molecule has 0 saturated carbocycles. The number of unbranched alkanes of at least 4 members (excludes halogenated alkanes) is 9. The van der Waals surface area contributed by atoms with Crippen LogP contribution in [0.1, 0.15) is 71.1 Å². The van der Waals surface area contributed by atoms with E-state index in [1.807, 2.05) is 0 Å². The number of nitrogens with zero attached hydrogens (tertiary/aromatic N) is 1. The summed E-state index contributed by atoms with van der Waals surface area (Å²) in [5, 5.41) is 3.53. The number of hydrogen-bond donors (Lipinski definition) is 3. The average Bonchev–Trinajstić information content (AvgIpc) is 2.52. The minimum atomic E-state index is 0.721. The third kappa shape index (κ3) is 16.2. The van der Waals surface area contributed by atoms with Crippen LogP contribution in [0.4, 0.5) is 0 Å². The summed E-state index contributed by atoms with van der Waals surface area (Å²) in [6, 6.07) is 0. The Labute approximate surface area is 139 Å². The van der Waals surface area contributed by atoms with E-state index in [1.54, 1.807) is 0 Å². The highest BCUT2D eigenvalue weighted by atomic mass is 15.1. The molecule has 0 bridgehead atoms. The van der Waals surface area contributed by atoms with E-state index in [1.165, 1.54) is 64.2 Å². The highest BCUT2D eigenvalue weighted by Crippen LogP contribution is 2.10. The molecule has 0 saturated heterocycles. The topological polar surface area (TPSA) is 67.3 Å². The molecule has 0 fully saturated rings. The van der Waals surface area contributed by atoms with Gasteiger partial charge < -0.3 is 16.8 Å². The van der Waals surface area contributed by atoms with Gasteiger partial charge in [0.2, 0.25) is 0 Å². The van der Waals surface area contributed by atoms with Gasteiger partial charge in [0.05, 0.1) is 0 Å². The van der Waals surface area contributed by atoms with E-state index in [9.17, 15) is 0 Å². The lowest BCUT2D eigenvalue weighted by atomic mass is 10.1. The maximum atomic E-state index is 5.60. The van der Waals surface area contributed by atoms with Crippen molar-refractivity contribution in [2.24, 2.45) is 11.5 Å². The second kappa shape index (κ2) is 18.9. The zero-order valence-corrected chi connectivity index (χ0v) is 15.1. The van der Waals surface area contributed by atoms with Crippen LogP contribution in [0.2, 0.25) is 0 Å². The van der Waals surface area contributed by atoms with Gasteiger partial charge >= 0.3 is 0 Å². The van der Waals surface area contributed by atoms with Crippen LogP contribution in [0.25, 0.3) is 0 Å². The Morgan fingerprint density at radius 2 is 1.14 bits per heavy atom. The summed E-state index contributed by atoms with van der Waals surface area (Å²) in [4.78, 5) is 2.34. The van der Waals surface area contributed by atoms with Crippen LogP contribution in [0.5, 0.6) is 0 Å². The molecule has 0 atom stereocenters. The first-order chi connectivity index (χ1) is 10.8. The third-order valence-corrected chi connectivity index (χ3v) is 4.20. The molecule has 0 aromatic rings. The molecule has 0 heterocycles. The Morgan fingerprint density at radius 1 is 0.636 bits per heavy atom. The van der Waals surface area contributed by atoms with Gasteiger partial charge in [0.15, 0.2) is 0 Å². The van der Waals surface area contributed by atoms with Gasteiger partial charge in [0.1, 0.15) is 0 Å². The molecule has 5 N–H and O–H groups in total. The van der Waals surface area contributed by atoms with Gasteiger partial charge in [-0.1, -0.05) is 64.7 Å². The molecule has 0 rings (SSSR count). The lowest BCUT2D eigenvalue weighted by Gasteiger charge is -2.20. The number of nitrogens with two attached hydrogens (primary N) is 2. The van der Waals surface area contributed by atoms with Gasteiger partial charge in [-0.25, -0.2) is 0 Å². The minimum Gasteiger partial charge on any atom is -0.329 e. The molecule has 0 aliphatic carbocycles. The third-order valence-electron chi connectivity index (χ3n) is 4.20. The maximum absolute atomic E-state index is 5.60. The molecule has 4 heteroatoms. The second-order valence-electron chi connectivity index (χ2n) is 6.35. The van der Waals surface area contributed by atoms with Crippen molar-refractivity contribution in [2.45, 2.75) is 71.1 Å². The number of rotatable bonds is 18. The summed E-state index contributed by atoms with van der Waals surface area (Å²) in [5.41, 5.74) is 11.2. The van der Waals surface area contributed by atoms with Crippen LogP contribution in [-0.4, -0.2) is 50.7 Å². The van der Waals surface area contributed by atoms with Crippen molar-refractivity contribution < 1.29 is 0 Å². The first-order valence-corrected chi connectivity index (χ1v) is 9.68. The molecule has 134 valence electrons. The molecule has 0 aliphatic rings. The first-order valence-electron chi connectivity index (χ1n) is 9.68. The van der Waals surface area contributed by atoms with Gasteiger partial charge in [-0.3, -0.25) is 4.90 Å². The fourth-order valence-electron chi connectivity index (χ4n) is 2.80. The van der Waals surface area contributed by atoms with Crippen molar-refractivity contribution in [1.29, 1.82) is 0 Å². The van der Waals surface area contributed by atoms with Gasteiger partial charge in [-0.2, -0.15) is 0 Å². The fourth-order valence-corrected chi connectivity index (χ4v) is 2.80. The molecule has 0 aromatic carbocycles. The molecular formula is C18H42N4. The summed E-state index contributed by atoms with van der Waals surface area (Å²) < 4.78 is 0. The van der Waals surface area contributed by atoms with E-state index in [0.717, 1.165) is 45.8 Å². The summed E-state index contributed by atoms with van der Waals surface area (Å²) >= 11 is 0. The van der Waals surface area contributed by atoms with Gasteiger partial charge in [-0.05, 0) is 13.0 Å². The zero-order valence-electron chi connectivity index (χ0n) is 15.1. The molecule has 0 radical (unpaired) electrons. The summed E-state index contributed by atoms with van der Waals surface area (Å²) in [7, 11) is 0. The first kappa shape index (κ1) is 21.8. The SMILES string of the molecule is CCCCCCCCCCCCNCCN(CCN)CCN. The van der Waals surface area contributed by atoms with Crippen LogP contribution in [0.3, 0.4) is 0 Å². The Bertz CT molecular complexity index is 194. The standard InChI is InChI=1S/C18H42N4/c1-2-3-4-5-6-7-8-9-10-11-14-21-15-18-22(16-12-19)17-13-20/h21H,2-20H2,1H3. The Hall–Kier alpha value is -0.160. The normalized spacial score (nSPS) is 11.5. The van der Waals surface area contributed by atoms with Crippen molar-refractivity contribution in [3.8, 4) is 0 Å². The smallest absolute Gasteiger partial charge is 0.0108 e. The van der Waals surface area contributed by atoms with E-state index in [2.05, 4.69) is 17.1 Å². The minimum absolute atomic E-state index is 0.721. The van der Waals surface area contributed by atoms with Crippen LogP contribution in [0, 0.1) is 0 Å². The Balaban J connectivity index is 3.16. The molecule has 0 spiro atoms. The highest BCUT2D eigenvalue weighted by Gasteiger charge is 2.01. The van der Waals surface area contributed by atoms with E-state index in [4.69, 9.17) is 11.5 Å². The molecule has 0 aliphatic heterocycles. The van der Waals surface area contributed by atoms with E-state index >= 15 is 0 Å². The number of nitrogens with one attached hydrogen (secondary N) is 1. The predicted molar refractivity (Wildman–Crippen MR) is 99.3 cm³/mol. The van der Waals surface area contributed by atoms with E-state index in [-0.39, 0.29) is 0 Å². The fraction of sp³-hybridized carbons (Fsp3) is 1.00. The quantitative estimate of drug-likeness (QED) is 0.340. The monoisotopic (exact) mass is 314 g/mol. The molecule has 22 heavy (non-hydrogen) atoms. The molecular weight excluding hydrogens is 272 g/mol. The van der Waals surface area contributed by atoms with Crippen molar-refractivity contribution in [3.63, 3.8) is 0 Å². The molecule has 0 unspecified atom stereocenters. The molecule has 0 amide bonds. The largest absolute Gasteiger partial charge is 0.329 e. The van der Waals surface area contributed by atoms with Gasteiger partial charge in [0, 0.05) is 39.3 Å². The van der Waals surface area contributed by atoms with Crippen LogP contribution in [-0.2, 0) is 0 Å². The van der Waals surface area contributed by atoms with E-state index in [0.29, 0.717) is 0 Å². The lowest BCUT2D eigenvalue weighted by molar-refractivity contribution is 0.287.